The topological polar surface area (TPSA) is 47.6 Å². The van der Waals surface area contributed by atoms with E-state index >= 15 is 0 Å². The monoisotopic (exact) mass is 389 g/mol. The van der Waals surface area contributed by atoms with Crippen LogP contribution in [-0.4, -0.2) is 25.2 Å². The Bertz CT molecular complexity index is 736. The van der Waals surface area contributed by atoms with Gasteiger partial charge in [0.15, 0.2) is 6.10 Å². The molecule has 27 heavy (non-hydrogen) atoms. The number of rotatable bonds is 9. The lowest BCUT2D eigenvalue weighted by Crippen LogP contribution is -2.38. The van der Waals surface area contributed by atoms with E-state index in [1.54, 1.807) is 6.92 Å². The highest BCUT2D eigenvalue weighted by molar-refractivity contribution is 6.32. The largest absolute Gasteiger partial charge is 0.492 e. The minimum absolute atomic E-state index is 0.179. The average molecular weight is 390 g/mol. The molecule has 1 N–H and O–H groups in total. The van der Waals surface area contributed by atoms with Crippen molar-refractivity contribution in [2.75, 3.05) is 13.2 Å². The summed E-state index contributed by atoms with van der Waals surface area (Å²) in [5.74, 6) is 1.27. The minimum Gasteiger partial charge on any atom is -0.492 e. The van der Waals surface area contributed by atoms with Gasteiger partial charge in [0.05, 0.1) is 6.54 Å². The molecule has 1 amide bonds. The summed E-state index contributed by atoms with van der Waals surface area (Å²) in [5, 5.41) is 3.55. The molecule has 4 nitrogen and oxygen atoms in total. The number of carbonyl (C=O) groups excluding carboxylic acids is 1. The van der Waals surface area contributed by atoms with E-state index in [-0.39, 0.29) is 5.91 Å². The van der Waals surface area contributed by atoms with Crippen molar-refractivity contribution >= 4 is 17.5 Å². The Kier molecular flexibility index (Phi) is 7.99. The Morgan fingerprint density at radius 1 is 1.11 bits per heavy atom. The zero-order valence-electron chi connectivity index (χ0n) is 16.5. The van der Waals surface area contributed by atoms with E-state index in [4.69, 9.17) is 21.1 Å². The number of halogens is 1. The van der Waals surface area contributed by atoms with Gasteiger partial charge in [-0.15, -0.1) is 0 Å². The van der Waals surface area contributed by atoms with E-state index in [9.17, 15) is 4.79 Å². The molecule has 2 rings (SSSR count). The molecule has 0 unspecified atom stereocenters. The van der Waals surface area contributed by atoms with Crippen LogP contribution in [0.4, 0.5) is 0 Å². The minimum atomic E-state index is -0.599. The van der Waals surface area contributed by atoms with Crippen LogP contribution in [0.5, 0.6) is 11.5 Å². The maximum Gasteiger partial charge on any atom is 0.260 e. The zero-order valence-corrected chi connectivity index (χ0v) is 17.2. The average Bonchev–Trinajstić information content (AvgIpc) is 2.64. The lowest BCUT2D eigenvalue weighted by Gasteiger charge is -2.16. The summed E-state index contributed by atoms with van der Waals surface area (Å²) in [5.41, 5.74) is 3.16. The molecule has 2 aromatic carbocycles. The molecule has 0 fully saturated rings. The molecule has 146 valence electrons. The van der Waals surface area contributed by atoms with Crippen molar-refractivity contribution in [2.24, 2.45) is 0 Å². The van der Waals surface area contributed by atoms with Gasteiger partial charge >= 0.3 is 0 Å². The number of aryl methyl sites for hydroxylation is 3. The van der Waals surface area contributed by atoms with Crippen LogP contribution in [0.1, 0.15) is 37.0 Å². The summed E-state index contributed by atoms with van der Waals surface area (Å²) >= 11 is 6.16. The van der Waals surface area contributed by atoms with Gasteiger partial charge in [0.25, 0.3) is 5.91 Å². The SMILES string of the molecule is CCCc1ccc(OCCNC(=O)[C@@H](C)Oc2cc(C)c(Cl)c(C)c2)cc1. The van der Waals surface area contributed by atoms with Crippen LogP contribution in [0.3, 0.4) is 0 Å². The molecular weight excluding hydrogens is 362 g/mol. The molecule has 0 aliphatic rings. The third-order valence-corrected chi connectivity index (χ3v) is 4.82. The number of hydrogen-bond acceptors (Lipinski definition) is 3. The lowest BCUT2D eigenvalue weighted by molar-refractivity contribution is -0.127. The molecule has 0 spiro atoms. The van der Waals surface area contributed by atoms with Gasteiger partial charge in [-0.05, 0) is 68.1 Å². The Morgan fingerprint density at radius 2 is 1.74 bits per heavy atom. The van der Waals surface area contributed by atoms with E-state index in [1.807, 2.05) is 38.1 Å². The van der Waals surface area contributed by atoms with Gasteiger partial charge in [0, 0.05) is 5.02 Å². The standard InChI is InChI=1S/C22H28ClNO3/c1-5-6-18-7-9-19(10-8-18)26-12-11-24-22(25)17(4)27-20-13-15(2)21(23)16(3)14-20/h7-10,13-14,17H,5-6,11-12H2,1-4H3,(H,24,25)/t17-/m1/s1. The number of carbonyl (C=O) groups is 1. The molecular formula is C22H28ClNO3. The lowest BCUT2D eigenvalue weighted by atomic mass is 10.1. The van der Waals surface area contributed by atoms with E-state index in [0.29, 0.717) is 18.9 Å². The molecule has 0 radical (unpaired) electrons. The fourth-order valence-corrected chi connectivity index (χ4v) is 2.87. The Labute approximate surface area is 166 Å². The highest BCUT2D eigenvalue weighted by atomic mass is 35.5. The summed E-state index contributed by atoms with van der Waals surface area (Å²) in [6.07, 6.45) is 1.60. The summed E-state index contributed by atoms with van der Waals surface area (Å²) in [6.45, 7) is 8.54. The van der Waals surface area contributed by atoms with Gasteiger partial charge < -0.3 is 14.8 Å². The smallest absolute Gasteiger partial charge is 0.260 e. The molecule has 2 aromatic rings. The Balaban J connectivity index is 1.75. The summed E-state index contributed by atoms with van der Waals surface area (Å²) < 4.78 is 11.4. The Morgan fingerprint density at radius 3 is 2.33 bits per heavy atom. The maximum atomic E-state index is 12.2. The van der Waals surface area contributed by atoms with Crippen LogP contribution in [0.25, 0.3) is 0 Å². The molecule has 0 bridgehead atoms. The van der Waals surface area contributed by atoms with E-state index in [1.165, 1.54) is 5.56 Å². The summed E-state index contributed by atoms with van der Waals surface area (Å²) in [6, 6.07) is 11.7. The van der Waals surface area contributed by atoms with Gasteiger partial charge in [0.1, 0.15) is 18.1 Å². The van der Waals surface area contributed by atoms with E-state index < -0.39 is 6.10 Å². The van der Waals surface area contributed by atoms with Crippen LogP contribution in [0.2, 0.25) is 5.02 Å². The quantitative estimate of drug-likeness (QED) is 0.622. The number of benzene rings is 2. The van der Waals surface area contributed by atoms with Gasteiger partial charge in [-0.2, -0.15) is 0 Å². The molecule has 0 aliphatic carbocycles. The third-order valence-electron chi connectivity index (χ3n) is 4.22. The van der Waals surface area contributed by atoms with Crippen LogP contribution in [0, 0.1) is 13.8 Å². The van der Waals surface area contributed by atoms with Crippen molar-refractivity contribution < 1.29 is 14.3 Å². The second kappa shape index (κ2) is 10.2. The van der Waals surface area contributed by atoms with E-state index in [2.05, 4.69) is 24.4 Å². The molecule has 0 heterocycles. The van der Waals surface area contributed by atoms with Gasteiger partial charge in [0.2, 0.25) is 0 Å². The highest BCUT2D eigenvalue weighted by Crippen LogP contribution is 2.26. The molecule has 1 atom stereocenters. The molecule has 0 saturated carbocycles. The van der Waals surface area contributed by atoms with Gasteiger partial charge in [-0.25, -0.2) is 0 Å². The second-order valence-corrected chi connectivity index (χ2v) is 7.04. The number of nitrogens with one attached hydrogen (secondary N) is 1. The van der Waals surface area contributed by atoms with Crippen molar-refractivity contribution in [3.05, 3.63) is 58.1 Å². The van der Waals surface area contributed by atoms with Crippen LogP contribution < -0.4 is 14.8 Å². The fourth-order valence-electron chi connectivity index (χ4n) is 2.76. The van der Waals surface area contributed by atoms with Crippen molar-refractivity contribution in [1.29, 1.82) is 0 Å². The van der Waals surface area contributed by atoms with Crippen LogP contribution in [-0.2, 0) is 11.2 Å². The first-order valence-electron chi connectivity index (χ1n) is 9.33. The number of hydrogen-bond donors (Lipinski definition) is 1. The first-order chi connectivity index (χ1) is 12.9. The van der Waals surface area contributed by atoms with Crippen LogP contribution >= 0.6 is 11.6 Å². The first-order valence-corrected chi connectivity index (χ1v) is 9.71. The fraction of sp³-hybridized carbons (Fsp3) is 0.409. The van der Waals surface area contributed by atoms with Gasteiger partial charge in [-0.3, -0.25) is 4.79 Å². The second-order valence-electron chi connectivity index (χ2n) is 6.66. The normalized spacial score (nSPS) is 11.7. The van der Waals surface area contributed by atoms with Crippen molar-refractivity contribution in [1.82, 2.24) is 5.32 Å². The summed E-state index contributed by atoms with van der Waals surface area (Å²) in [7, 11) is 0. The third kappa shape index (κ3) is 6.47. The number of amides is 1. The molecule has 5 heteroatoms. The van der Waals surface area contributed by atoms with E-state index in [0.717, 1.165) is 34.7 Å². The maximum absolute atomic E-state index is 12.2. The van der Waals surface area contributed by atoms with Crippen molar-refractivity contribution in [2.45, 2.75) is 46.6 Å². The zero-order chi connectivity index (χ0) is 19.8. The van der Waals surface area contributed by atoms with Gasteiger partial charge in [-0.1, -0.05) is 37.1 Å². The highest BCUT2D eigenvalue weighted by Gasteiger charge is 2.15. The Hall–Kier alpha value is -2.20. The molecule has 0 aliphatic heterocycles. The number of ether oxygens (including phenoxy) is 2. The molecule has 0 saturated heterocycles. The predicted molar refractivity (Wildman–Crippen MR) is 110 cm³/mol. The van der Waals surface area contributed by atoms with Crippen molar-refractivity contribution in [3.8, 4) is 11.5 Å². The molecule has 0 aromatic heterocycles. The van der Waals surface area contributed by atoms with Crippen molar-refractivity contribution in [3.63, 3.8) is 0 Å². The summed E-state index contributed by atoms with van der Waals surface area (Å²) in [4.78, 5) is 12.2. The van der Waals surface area contributed by atoms with Crippen LogP contribution in [0.15, 0.2) is 36.4 Å². The predicted octanol–water partition coefficient (Wildman–Crippen LogP) is 4.87. The first kappa shape index (κ1) is 21.1.